The van der Waals surface area contributed by atoms with Crippen molar-refractivity contribution in [2.45, 2.75) is 70.2 Å². The molecule has 0 spiro atoms. The lowest BCUT2D eigenvalue weighted by Crippen LogP contribution is -2.50. The van der Waals surface area contributed by atoms with Gasteiger partial charge in [0.15, 0.2) is 0 Å². The van der Waals surface area contributed by atoms with Gasteiger partial charge in [0.2, 0.25) is 0 Å². The van der Waals surface area contributed by atoms with Crippen molar-refractivity contribution in [3.05, 3.63) is 18.5 Å². The molecule has 0 bridgehead atoms. The van der Waals surface area contributed by atoms with Gasteiger partial charge in [-0.15, -0.1) is 0 Å². The summed E-state index contributed by atoms with van der Waals surface area (Å²) >= 11 is 0. The van der Waals surface area contributed by atoms with Crippen LogP contribution in [0.2, 0.25) is 0 Å². The number of carbonyl (C=O) groups excluding carboxylic acids is 1. The highest BCUT2D eigenvalue weighted by Gasteiger charge is 2.31. The second kappa shape index (κ2) is 8.62. The number of nitrogens with zero attached hydrogens (tertiary/aromatic N) is 3. The molecular weight excluding hydrogens is 306 g/mol. The second-order valence-electron chi connectivity index (χ2n) is 6.87. The van der Waals surface area contributed by atoms with Crippen molar-refractivity contribution in [3.63, 3.8) is 0 Å². The topological polar surface area (TPSA) is 56.6 Å². The van der Waals surface area contributed by atoms with Crippen molar-refractivity contribution in [1.29, 1.82) is 0 Å². The summed E-state index contributed by atoms with van der Waals surface area (Å²) in [6, 6.07) is 2.13. The summed E-state index contributed by atoms with van der Waals surface area (Å²) in [6.07, 6.45) is 10.1. The molecule has 2 saturated heterocycles. The van der Waals surface area contributed by atoms with Crippen LogP contribution in [0.1, 0.15) is 45.4 Å². The number of carbonyl (C=O) groups is 1. The van der Waals surface area contributed by atoms with E-state index in [0.717, 1.165) is 45.4 Å². The molecule has 0 unspecified atom stereocenters. The van der Waals surface area contributed by atoms with E-state index in [4.69, 9.17) is 9.47 Å². The van der Waals surface area contributed by atoms with Gasteiger partial charge >= 0.3 is 0 Å². The van der Waals surface area contributed by atoms with Crippen LogP contribution in [0.25, 0.3) is 0 Å². The maximum atomic E-state index is 12.8. The molecule has 2 fully saturated rings. The van der Waals surface area contributed by atoms with E-state index >= 15 is 0 Å². The molecule has 3 atom stereocenters. The first-order valence-electron chi connectivity index (χ1n) is 9.25. The lowest BCUT2D eigenvalue weighted by atomic mass is 10.0. The summed E-state index contributed by atoms with van der Waals surface area (Å²) in [7, 11) is 0. The highest BCUT2D eigenvalue weighted by atomic mass is 16.5. The molecule has 2 aliphatic heterocycles. The Bertz CT molecular complexity index is 500. The third-order valence-electron chi connectivity index (χ3n) is 5.02. The minimum absolute atomic E-state index is 0.0997. The Labute approximate surface area is 144 Å². The zero-order valence-corrected chi connectivity index (χ0v) is 14.6. The maximum absolute atomic E-state index is 12.8. The van der Waals surface area contributed by atoms with Crippen LogP contribution in [0.5, 0.6) is 0 Å². The van der Waals surface area contributed by atoms with Crippen molar-refractivity contribution >= 4 is 5.91 Å². The van der Waals surface area contributed by atoms with Crippen molar-refractivity contribution in [3.8, 4) is 0 Å². The zero-order valence-electron chi connectivity index (χ0n) is 14.6. The maximum Gasteiger partial charge on any atom is 0.251 e. The minimum atomic E-state index is -0.409. The van der Waals surface area contributed by atoms with Crippen molar-refractivity contribution in [1.82, 2.24) is 14.7 Å². The number of piperidine rings is 1. The van der Waals surface area contributed by atoms with Gasteiger partial charge in [0, 0.05) is 25.5 Å². The van der Waals surface area contributed by atoms with E-state index in [2.05, 4.69) is 5.10 Å². The predicted molar refractivity (Wildman–Crippen MR) is 90.6 cm³/mol. The first-order valence-corrected chi connectivity index (χ1v) is 9.25. The fraction of sp³-hybridized carbons (Fsp3) is 0.778. The number of rotatable bonds is 6. The summed E-state index contributed by atoms with van der Waals surface area (Å²) in [4.78, 5) is 14.8. The summed E-state index contributed by atoms with van der Waals surface area (Å²) < 4.78 is 13.4. The Morgan fingerprint density at radius 3 is 2.96 bits per heavy atom. The molecule has 24 heavy (non-hydrogen) atoms. The van der Waals surface area contributed by atoms with E-state index in [1.54, 1.807) is 6.20 Å². The van der Waals surface area contributed by atoms with Crippen molar-refractivity contribution in [2.24, 2.45) is 0 Å². The highest BCUT2D eigenvalue weighted by molar-refractivity contribution is 5.81. The summed E-state index contributed by atoms with van der Waals surface area (Å²) in [5.41, 5.74) is 0. The monoisotopic (exact) mass is 335 g/mol. The van der Waals surface area contributed by atoms with Gasteiger partial charge in [-0.25, -0.2) is 0 Å². The van der Waals surface area contributed by atoms with Crippen molar-refractivity contribution in [2.75, 3.05) is 19.8 Å². The molecular formula is C18H29N3O3. The molecule has 134 valence electrons. The van der Waals surface area contributed by atoms with E-state index in [9.17, 15) is 4.79 Å². The van der Waals surface area contributed by atoms with Gasteiger partial charge in [-0.3, -0.25) is 9.48 Å². The third-order valence-corrected chi connectivity index (χ3v) is 5.02. The molecule has 1 aromatic heterocycles. The molecule has 0 aromatic carbocycles. The quantitative estimate of drug-likeness (QED) is 0.800. The molecule has 0 aliphatic carbocycles. The van der Waals surface area contributed by atoms with Crippen LogP contribution in [-0.4, -0.2) is 58.6 Å². The Hall–Kier alpha value is -1.40. The molecule has 0 saturated carbocycles. The summed E-state index contributed by atoms with van der Waals surface area (Å²) in [5.74, 6) is 0.0997. The molecule has 3 rings (SSSR count). The predicted octanol–water partition coefficient (Wildman–Crippen LogP) is 2.24. The molecule has 2 aliphatic rings. The number of amides is 1. The molecule has 0 radical (unpaired) electrons. The zero-order chi connectivity index (χ0) is 16.8. The number of aromatic nitrogens is 2. The summed E-state index contributed by atoms with van der Waals surface area (Å²) in [5, 5.41) is 4.28. The molecule has 1 amide bonds. The van der Waals surface area contributed by atoms with Crippen LogP contribution < -0.4 is 0 Å². The fourth-order valence-corrected chi connectivity index (χ4v) is 3.60. The Kier molecular flexibility index (Phi) is 6.26. The first-order chi connectivity index (χ1) is 11.7. The van der Waals surface area contributed by atoms with E-state index in [0.29, 0.717) is 6.61 Å². The van der Waals surface area contributed by atoms with Gasteiger partial charge in [-0.05, 0) is 51.5 Å². The van der Waals surface area contributed by atoms with Crippen LogP contribution in [0.15, 0.2) is 18.5 Å². The standard InChI is InChI=1S/C18H29N3O3/c1-15(24-14-17-8-3-5-12-23-17)18(22)21-11-4-2-7-16(21)13-20-10-6-9-19-20/h6,9-10,15-17H,2-5,7-8,11-14H2,1H3/t15-,16+,17-/m0/s1. The van der Waals surface area contributed by atoms with Crippen LogP contribution in [0.3, 0.4) is 0 Å². The van der Waals surface area contributed by atoms with Crippen LogP contribution in [0.4, 0.5) is 0 Å². The van der Waals surface area contributed by atoms with Crippen LogP contribution >= 0.6 is 0 Å². The Morgan fingerprint density at radius 1 is 1.33 bits per heavy atom. The lowest BCUT2D eigenvalue weighted by Gasteiger charge is -2.37. The van der Waals surface area contributed by atoms with Gasteiger partial charge in [0.05, 0.1) is 25.3 Å². The normalized spacial score (nSPS) is 26.3. The lowest BCUT2D eigenvalue weighted by molar-refractivity contribution is -0.150. The van der Waals surface area contributed by atoms with E-state index in [-0.39, 0.29) is 18.1 Å². The molecule has 6 nitrogen and oxygen atoms in total. The SMILES string of the molecule is C[C@H](OC[C@@H]1CCCCO1)C(=O)N1CCCC[C@@H]1Cn1cccn1. The number of likely N-dealkylation sites (tertiary alicyclic amines) is 1. The van der Waals surface area contributed by atoms with Crippen LogP contribution in [0, 0.1) is 0 Å². The average Bonchev–Trinajstić information content (AvgIpc) is 3.13. The summed E-state index contributed by atoms with van der Waals surface area (Å²) in [6.45, 7) is 4.78. The average molecular weight is 335 g/mol. The smallest absolute Gasteiger partial charge is 0.251 e. The molecule has 1 aromatic rings. The van der Waals surface area contributed by atoms with Gasteiger partial charge in [0.25, 0.3) is 5.91 Å². The van der Waals surface area contributed by atoms with Gasteiger partial charge in [0.1, 0.15) is 6.10 Å². The molecule has 3 heterocycles. The number of hydrogen-bond donors (Lipinski definition) is 0. The van der Waals surface area contributed by atoms with Gasteiger partial charge in [-0.2, -0.15) is 5.10 Å². The van der Waals surface area contributed by atoms with Gasteiger partial charge in [-0.1, -0.05) is 0 Å². The Morgan fingerprint density at radius 2 is 2.21 bits per heavy atom. The van der Waals surface area contributed by atoms with E-state index in [1.165, 1.54) is 12.8 Å². The van der Waals surface area contributed by atoms with E-state index < -0.39 is 6.10 Å². The highest BCUT2D eigenvalue weighted by Crippen LogP contribution is 2.20. The number of ether oxygens (including phenoxy) is 2. The largest absolute Gasteiger partial charge is 0.376 e. The molecule has 0 N–H and O–H groups in total. The second-order valence-corrected chi connectivity index (χ2v) is 6.87. The molecule has 6 heteroatoms. The minimum Gasteiger partial charge on any atom is -0.376 e. The Balaban J connectivity index is 1.52. The number of hydrogen-bond acceptors (Lipinski definition) is 4. The fourth-order valence-electron chi connectivity index (χ4n) is 3.60. The van der Waals surface area contributed by atoms with Gasteiger partial charge < -0.3 is 14.4 Å². The van der Waals surface area contributed by atoms with E-state index in [1.807, 2.05) is 28.8 Å². The third kappa shape index (κ3) is 4.57. The first kappa shape index (κ1) is 17.4. The van der Waals surface area contributed by atoms with Crippen LogP contribution in [-0.2, 0) is 20.8 Å². The van der Waals surface area contributed by atoms with Crippen molar-refractivity contribution < 1.29 is 14.3 Å².